The van der Waals surface area contributed by atoms with Crippen molar-refractivity contribution in [2.75, 3.05) is 50.0 Å². The average Bonchev–Trinajstić information content (AvgIpc) is 3.49. The van der Waals surface area contributed by atoms with Crippen LogP contribution in [0, 0.1) is 6.92 Å². The Labute approximate surface area is 269 Å². The molecule has 0 bridgehead atoms. The molecule has 2 heterocycles. The van der Waals surface area contributed by atoms with Crippen molar-refractivity contribution in [2.45, 2.75) is 64.2 Å². The molecule has 0 unspecified atom stereocenters. The molecule has 3 aromatic rings. The van der Waals surface area contributed by atoms with Crippen molar-refractivity contribution in [3.05, 3.63) is 60.3 Å². The molecule has 0 aliphatic carbocycles. The minimum Gasteiger partial charge on any atom is -0.492 e. The first-order chi connectivity index (χ1) is 19.9. The van der Waals surface area contributed by atoms with Crippen LogP contribution in [-0.2, 0) is 10.0 Å². The molecule has 12 heteroatoms. The second kappa shape index (κ2) is 18.2. The largest absolute Gasteiger partial charge is 0.492 e. The summed E-state index contributed by atoms with van der Waals surface area (Å²) in [5, 5.41) is 6.54. The third-order valence-corrected chi connectivity index (χ3v) is 9.11. The van der Waals surface area contributed by atoms with Gasteiger partial charge in [-0.05, 0) is 88.2 Å². The van der Waals surface area contributed by atoms with E-state index >= 15 is 0 Å². The van der Waals surface area contributed by atoms with Gasteiger partial charge in [0.1, 0.15) is 18.2 Å². The molecule has 4 rings (SSSR count). The Balaban J connectivity index is 0.00000323. The summed E-state index contributed by atoms with van der Waals surface area (Å²) in [5.74, 6) is 1.88. The number of sulfonamides is 1. The fraction of sp³-hybridized carbons (Fsp3) is 0.484. The van der Waals surface area contributed by atoms with E-state index in [1.807, 2.05) is 37.3 Å². The van der Waals surface area contributed by atoms with E-state index in [1.54, 1.807) is 28.7 Å². The van der Waals surface area contributed by atoms with Gasteiger partial charge >= 0.3 is 0 Å². The minimum absolute atomic E-state index is 0. The zero-order chi connectivity index (χ0) is 29.1. The Morgan fingerprint density at radius 3 is 2.26 bits per heavy atom. The number of hydrogen-bond acceptors (Lipinski definition) is 8. The topological polar surface area (TPSA) is 99.7 Å². The third-order valence-electron chi connectivity index (χ3n) is 7.21. The van der Waals surface area contributed by atoms with Gasteiger partial charge in [-0.3, -0.25) is 4.90 Å². The number of nitrogens with one attached hydrogen (secondary N) is 2. The average molecular weight is 654 g/mol. The molecule has 0 spiro atoms. The standard InChI is InChI=1S/C31H44N6O3S.2ClH/c1-4-6-19-37(20-7-5-2)41(38,39)29-12-10-11-27(23-29)33-30-25(3)24-32-31(35-30)34-26-13-15-28(16-14-26)40-22-21-36-17-8-9-18-36;;/h10-16,23-24H,4-9,17-22H2,1-3H3,(H2,32,33,34,35);2*1H. The highest BCUT2D eigenvalue weighted by atomic mass is 35.5. The lowest BCUT2D eigenvalue weighted by atomic mass is 10.3. The molecule has 1 fully saturated rings. The Kier molecular flexibility index (Phi) is 15.5. The number of unbranched alkanes of at least 4 members (excludes halogenated alkanes) is 2. The maximum absolute atomic E-state index is 13.5. The van der Waals surface area contributed by atoms with Crippen molar-refractivity contribution >= 4 is 58.0 Å². The number of benzene rings is 2. The van der Waals surface area contributed by atoms with Crippen LogP contribution in [0.25, 0.3) is 0 Å². The zero-order valence-electron chi connectivity index (χ0n) is 25.4. The second-order valence-electron chi connectivity index (χ2n) is 10.5. The lowest BCUT2D eigenvalue weighted by Crippen LogP contribution is -2.33. The predicted molar refractivity (Wildman–Crippen MR) is 180 cm³/mol. The fourth-order valence-electron chi connectivity index (χ4n) is 4.73. The highest BCUT2D eigenvalue weighted by molar-refractivity contribution is 7.89. The van der Waals surface area contributed by atoms with Crippen LogP contribution in [0.4, 0.5) is 23.1 Å². The summed E-state index contributed by atoms with van der Waals surface area (Å²) in [5.41, 5.74) is 2.34. The van der Waals surface area contributed by atoms with Crippen LogP contribution >= 0.6 is 24.8 Å². The summed E-state index contributed by atoms with van der Waals surface area (Å²) in [4.78, 5) is 11.8. The maximum atomic E-state index is 13.5. The van der Waals surface area contributed by atoms with Gasteiger partial charge in [0.2, 0.25) is 16.0 Å². The van der Waals surface area contributed by atoms with E-state index in [0.717, 1.165) is 49.2 Å². The monoisotopic (exact) mass is 652 g/mol. The normalized spacial score (nSPS) is 13.3. The van der Waals surface area contributed by atoms with Crippen LogP contribution in [0.1, 0.15) is 57.9 Å². The van der Waals surface area contributed by atoms with Gasteiger partial charge in [0.25, 0.3) is 0 Å². The molecular formula is C31H46Cl2N6O3S. The van der Waals surface area contributed by atoms with Gasteiger partial charge in [0, 0.05) is 42.8 Å². The Morgan fingerprint density at radius 2 is 1.60 bits per heavy atom. The Morgan fingerprint density at radius 1 is 0.930 bits per heavy atom. The van der Waals surface area contributed by atoms with Gasteiger partial charge in [-0.2, -0.15) is 9.29 Å². The highest BCUT2D eigenvalue weighted by Crippen LogP contribution is 2.25. The number of aromatic nitrogens is 2. The van der Waals surface area contributed by atoms with Crippen LogP contribution in [0.5, 0.6) is 5.75 Å². The van der Waals surface area contributed by atoms with Gasteiger partial charge in [-0.25, -0.2) is 13.4 Å². The van der Waals surface area contributed by atoms with Crippen LogP contribution in [0.3, 0.4) is 0 Å². The zero-order valence-corrected chi connectivity index (χ0v) is 27.9. The molecule has 1 aliphatic rings. The molecule has 0 saturated carbocycles. The molecular weight excluding hydrogens is 607 g/mol. The summed E-state index contributed by atoms with van der Waals surface area (Å²) in [6, 6.07) is 14.7. The molecule has 43 heavy (non-hydrogen) atoms. The molecule has 1 aliphatic heterocycles. The quantitative estimate of drug-likeness (QED) is 0.168. The van der Waals surface area contributed by atoms with Crippen molar-refractivity contribution < 1.29 is 13.2 Å². The van der Waals surface area contributed by atoms with Crippen LogP contribution in [0.15, 0.2) is 59.6 Å². The SMILES string of the molecule is CCCCN(CCCC)S(=O)(=O)c1cccc(Nc2nc(Nc3ccc(OCCN4CCCC4)cc3)ncc2C)c1.Cl.Cl. The van der Waals surface area contributed by atoms with Crippen LogP contribution < -0.4 is 15.4 Å². The van der Waals surface area contributed by atoms with Gasteiger partial charge in [0.15, 0.2) is 0 Å². The molecule has 1 saturated heterocycles. The number of nitrogens with zero attached hydrogens (tertiary/aromatic N) is 4. The number of likely N-dealkylation sites (tertiary alicyclic amines) is 1. The first kappa shape index (κ1) is 36.6. The summed E-state index contributed by atoms with van der Waals surface area (Å²) < 4.78 is 34.4. The summed E-state index contributed by atoms with van der Waals surface area (Å²) >= 11 is 0. The predicted octanol–water partition coefficient (Wildman–Crippen LogP) is 7.18. The van der Waals surface area contributed by atoms with Crippen molar-refractivity contribution in [3.63, 3.8) is 0 Å². The molecule has 2 N–H and O–H groups in total. The lowest BCUT2D eigenvalue weighted by Gasteiger charge is -2.22. The second-order valence-corrected chi connectivity index (χ2v) is 12.5. The third kappa shape index (κ3) is 10.8. The first-order valence-electron chi connectivity index (χ1n) is 14.8. The molecule has 238 valence electrons. The number of halogens is 2. The maximum Gasteiger partial charge on any atom is 0.243 e. The van der Waals surface area contributed by atoms with Gasteiger partial charge in [0.05, 0.1) is 4.90 Å². The number of hydrogen-bond donors (Lipinski definition) is 2. The fourth-order valence-corrected chi connectivity index (χ4v) is 6.30. The molecule has 0 radical (unpaired) electrons. The van der Waals surface area contributed by atoms with Gasteiger partial charge in [-0.15, -0.1) is 24.8 Å². The molecule has 2 aromatic carbocycles. The molecule has 0 atom stereocenters. The van der Waals surface area contributed by atoms with Crippen molar-refractivity contribution in [1.82, 2.24) is 19.2 Å². The highest BCUT2D eigenvalue weighted by Gasteiger charge is 2.24. The minimum atomic E-state index is -3.60. The van der Waals surface area contributed by atoms with Crippen molar-refractivity contribution in [1.29, 1.82) is 0 Å². The smallest absolute Gasteiger partial charge is 0.243 e. The van der Waals surface area contributed by atoms with Crippen LogP contribution in [-0.4, -0.2) is 66.9 Å². The molecule has 9 nitrogen and oxygen atoms in total. The van der Waals surface area contributed by atoms with E-state index < -0.39 is 10.0 Å². The van der Waals surface area contributed by atoms with E-state index in [9.17, 15) is 8.42 Å². The van der Waals surface area contributed by atoms with E-state index in [2.05, 4.69) is 39.3 Å². The molecule has 1 aromatic heterocycles. The van der Waals surface area contributed by atoms with Gasteiger partial charge < -0.3 is 15.4 Å². The van der Waals surface area contributed by atoms with E-state index in [1.165, 1.54) is 25.9 Å². The van der Waals surface area contributed by atoms with E-state index in [-0.39, 0.29) is 29.7 Å². The number of rotatable bonds is 16. The van der Waals surface area contributed by atoms with Crippen molar-refractivity contribution in [2.24, 2.45) is 0 Å². The van der Waals surface area contributed by atoms with E-state index in [4.69, 9.17) is 4.74 Å². The molecule has 0 amide bonds. The van der Waals surface area contributed by atoms with Crippen LogP contribution in [0.2, 0.25) is 0 Å². The lowest BCUT2D eigenvalue weighted by molar-refractivity contribution is 0.238. The van der Waals surface area contributed by atoms with Crippen molar-refractivity contribution in [3.8, 4) is 5.75 Å². The van der Waals surface area contributed by atoms with E-state index in [0.29, 0.717) is 37.1 Å². The number of ether oxygens (including phenoxy) is 1. The summed E-state index contributed by atoms with van der Waals surface area (Å²) in [6.07, 6.45) is 7.87. The number of anilines is 4. The number of aryl methyl sites for hydroxylation is 1. The van der Waals surface area contributed by atoms with Gasteiger partial charge in [-0.1, -0.05) is 32.8 Å². The Hall–Kier alpha value is -2.63. The summed E-state index contributed by atoms with van der Waals surface area (Å²) in [7, 11) is -3.60. The summed E-state index contributed by atoms with van der Waals surface area (Å²) in [6.45, 7) is 11.1. The first-order valence-corrected chi connectivity index (χ1v) is 16.3. The Bertz CT molecular complexity index is 1350.